The number of hydroxylamine groups is 1. The van der Waals surface area contributed by atoms with Crippen molar-refractivity contribution in [1.29, 1.82) is 0 Å². The van der Waals surface area contributed by atoms with Gasteiger partial charge in [0.15, 0.2) is 0 Å². The molecule has 4 nitrogen and oxygen atoms in total. The van der Waals surface area contributed by atoms with Crippen molar-refractivity contribution in [3.05, 3.63) is 11.6 Å². The van der Waals surface area contributed by atoms with Crippen LogP contribution < -0.4 is 5.48 Å². The second kappa shape index (κ2) is 3.50. The average molecular weight is 157 g/mol. The molecule has 0 aromatic heterocycles. The van der Waals surface area contributed by atoms with Crippen LogP contribution in [0, 0.1) is 0 Å². The smallest absolute Gasteiger partial charge is 0.270 e. The summed E-state index contributed by atoms with van der Waals surface area (Å²) in [7, 11) is 0. The van der Waals surface area contributed by atoms with Crippen molar-refractivity contribution in [3.8, 4) is 0 Å². The van der Waals surface area contributed by atoms with Crippen LogP contribution in [0.2, 0.25) is 0 Å². The SMILES string of the molecule is O=C(NO)C1=CCCC(O)C1. The summed E-state index contributed by atoms with van der Waals surface area (Å²) in [5.41, 5.74) is 2.00. The zero-order valence-corrected chi connectivity index (χ0v) is 6.08. The van der Waals surface area contributed by atoms with Gasteiger partial charge in [0.1, 0.15) is 0 Å². The number of rotatable bonds is 1. The number of nitrogens with one attached hydrogen (secondary N) is 1. The number of aliphatic hydroxyl groups excluding tert-OH is 1. The van der Waals surface area contributed by atoms with Gasteiger partial charge in [-0.3, -0.25) is 10.0 Å². The van der Waals surface area contributed by atoms with Crippen molar-refractivity contribution in [2.24, 2.45) is 0 Å². The van der Waals surface area contributed by atoms with E-state index in [2.05, 4.69) is 0 Å². The molecule has 1 amide bonds. The van der Waals surface area contributed by atoms with Crippen LogP contribution in [0.1, 0.15) is 19.3 Å². The predicted molar refractivity (Wildman–Crippen MR) is 37.9 cm³/mol. The molecular formula is C7H11NO3. The normalized spacial score (nSPS) is 24.2. The van der Waals surface area contributed by atoms with Crippen LogP contribution in [0.3, 0.4) is 0 Å². The largest absolute Gasteiger partial charge is 0.393 e. The van der Waals surface area contributed by atoms with E-state index in [0.717, 1.165) is 0 Å². The van der Waals surface area contributed by atoms with E-state index < -0.39 is 12.0 Å². The minimum atomic E-state index is -0.510. The quantitative estimate of drug-likeness (QED) is 0.369. The molecule has 0 aromatic carbocycles. The Morgan fingerprint density at radius 2 is 2.45 bits per heavy atom. The third-order valence-electron chi connectivity index (χ3n) is 1.74. The molecule has 1 aliphatic carbocycles. The fourth-order valence-electron chi connectivity index (χ4n) is 1.15. The third-order valence-corrected chi connectivity index (χ3v) is 1.74. The first kappa shape index (κ1) is 8.23. The van der Waals surface area contributed by atoms with Crippen LogP contribution >= 0.6 is 0 Å². The number of aliphatic hydroxyl groups is 1. The number of allylic oxidation sites excluding steroid dienone is 1. The van der Waals surface area contributed by atoms with Crippen molar-refractivity contribution in [2.75, 3.05) is 0 Å². The summed E-state index contributed by atoms with van der Waals surface area (Å²) < 4.78 is 0. The van der Waals surface area contributed by atoms with Gasteiger partial charge in [-0.15, -0.1) is 0 Å². The Morgan fingerprint density at radius 1 is 1.73 bits per heavy atom. The number of hydrogen-bond donors (Lipinski definition) is 3. The van der Waals surface area contributed by atoms with Gasteiger partial charge in [0.25, 0.3) is 5.91 Å². The Bertz CT molecular complexity index is 188. The van der Waals surface area contributed by atoms with Gasteiger partial charge in [0, 0.05) is 12.0 Å². The van der Waals surface area contributed by atoms with E-state index in [1.807, 2.05) is 0 Å². The molecule has 0 bridgehead atoms. The maximum Gasteiger partial charge on any atom is 0.270 e. The number of amides is 1. The molecule has 4 heteroatoms. The first-order chi connectivity index (χ1) is 5.24. The highest BCUT2D eigenvalue weighted by Gasteiger charge is 2.17. The minimum Gasteiger partial charge on any atom is -0.393 e. The number of carbonyl (C=O) groups is 1. The van der Waals surface area contributed by atoms with Crippen LogP contribution in [0.5, 0.6) is 0 Å². The third kappa shape index (κ3) is 2.03. The summed E-state index contributed by atoms with van der Waals surface area (Å²) in [6.07, 6.45) is 3.03. The number of hydrogen-bond acceptors (Lipinski definition) is 3. The van der Waals surface area contributed by atoms with E-state index in [1.165, 1.54) is 5.48 Å². The van der Waals surface area contributed by atoms with Crippen molar-refractivity contribution in [3.63, 3.8) is 0 Å². The van der Waals surface area contributed by atoms with Gasteiger partial charge >= 0.3 is 0 Å². The van der Waals surface area contributed by atoms with E-state index in [9.17, 15) is 4.79 Å². The molecule has 3 N–H and O–H groups in total. The molecule has 0 aliphatic heterocycles. The highest BCUT2D eigenvalue weighted by molar-refractivity contribution is 5.92. The fraction of sp³-hybridized carbons (Fsp3) is 0.571. The molecule has 0 radical (unpaired) electrons. The lowest BCUT2D eigenvalue weighted by Gasteiger charge is -2.15. The molecule has 1 unspecified atom stereocenters. The number of carbonyl (C=O) groups excluding carboxylic acids is 1. The molecule has 11 heavy (non-hydrogen) atoms. The van der Waals surface area contributed by atoms with Gasteiger partial charge in [0.05, 0.1) is 6.10 Å². The molecule has 0 heterocycles. The van der Waals surface area contributed by atoms with Gasteiger partial charge in [-0.1, -0.05) is 6.08 Å². The topological polar surface area (TPSA) is 69.6 Å². The van der Waals surface area contributed by atoms with E-state index in [0.29, 0.717) is 24.8 Å². The molecule has 0 spiro atoms. The first-order valence-electron chi connectivity index (χ1n) is 3.55. The molecular weight excluding hydrogens is 146 g/mol. The van der Waals surface area contributed by atoms with Crippen LogP contribution in [0.25, 0.3) is 0 Å². The maximum atomic E-state index is 10.8. The molecule has 1 aliphatic rings. The summed E-state index contributed by atoms with van der Waals surface area (Å²) in [5, 5.41) is 17.4. The average Bonchev–Trinajstić information content (AvgIpc) is 2.03. The Hall–Kier alpha value is -0.870. The summed E-state index contributed by atoms with van der Waals surface area (Å²) in [5.74, 6) is -0.510. The van der Waals surface area contributed by atoms with Gasteiger partial charge < -0.3 is 5.11 Å². The van der Waals surface area contributed by atoms with Crippen LogP contribution in [-0.4, -0.2) is 22.3 Å². The van der Waals surface area contributed by atoms with Crippen LogP contribution in [-0.2, 0) is 4.79 Å². The standard InChI is InChI=1S/C7H11NO3/c9-6-3-1-2-5(4-6)7(10)8-11/h2,6,9,11H,1,3-4H2,(H,8,10). The van der Waals surface area contributed by atoms with Gasteiger partial charge in [-0.05, 0) is 12.8 Å². The Morgan fingerprint density at radius 3 is 3.00 bits per heavy atom. The Kier molecular flexibility index (Phi) is 2.62. The monoisotopic (exact) mass is 157 g/mol. The zero-order valence-electron chi connectivity index (χ0n) is 6.08. The Labute approximate surface area is 64.5 Å². The van der Waals surface area contributed by atoms with Crippen molar-refractivity contribution in [2.45, 2.75) is 25.4 Å². The maximum absolute atomic E-state index is 10.8. The highest BCUT2D eigenvalue weighted by Crippen LogP contribution is 2.17. The van der Waals surface area contributed by atoms with Crippen LogP contribution in [0.15, 0.2) is 11.6 Å². The summed E-state index contributed by atoms with van der Waals surface area (Å²) in [4.78, 5) is 10.8. The van der Waals surface area contributed by atoms with E-state index >= 15 is 0 Å². The lowest BCUT2D eigenvalue weighted by Crippen LogP contribution is -2.25. The lowest BCUT2D eigenvalue weighted by atomic mass is 9.97. The van der Waals surface area contributed by atoms with Crippen molar-refractivity contribution in [1.82, 2.24) is 5.48 Å². The fourth-order valence-corrected chi connectivity index (χ4v) is 1.15. The molecule has 1 rings (SSSR count). The summed E-state index contributed by atoms with van der Waals surface area (Å²) >= 11 is 0. The van der Waals surface area contributed by atoms with E-state index in [4.69, 9.17) is 10.3 Å². The molecule has 0 saturated heterocycles. The summed E-state index contributed by atoms with van der Waals surface area (Å²) in [6.45, 7) is 0. The zero-order chi connectivity index (χ0) is 8.27. The van der Waals surface area contributed by atoms with Crippen molar-refractivity contribution >= 4 is 5.91 Å². The van der Waals surface area contributed by atoms with Crippen molar-refractivity contribution < 1.29 is 15.1 Å². The molecule has 1 atom stereocenters. The van der Waals surface area contributed by atoms with Gasteiger partial charge in [0.2, 0.25) is 0 Å². The Balaban J connectivity index is 2.57. The lowest BCUT2D eigenvalue weighted by molar-refractivity contribution is -0.125. The molecule has 0 saturated carbocycles. The van der Waals surface area contributed by atoms with Gasteiger partial charge in [-0.25, -0.2) is 5.48 Å². The predicted octanol–water partition coefficient (Wildman–Crippen LogP) is -0.0370. The summed E-state index contributed by atoms with van der Waals surface area (Å²) in [6, 6.07) is 0. The van der Waals surface area contributed by atoms with Crippen LogP contribution in [0.4, 0.5) is 0 Å². The highest BCUT2D eigenvalue weighted by atomic mass is 16.5. The first-order valence-corrected chi connectivity index (χ1v) is 3.55. The minimum absolute atomic E-state index is 0.340. The molecule has 0 fully saturated rings. The molecule has 0 aromatic rings. The second-order valence-electron chi connectivity index (χ2n) is 2.61. The molecule has 62 valence electrons. The second-order valence-corrected chi connectivity index (χ2v) is 2.61. The van der Waals surface area contributed by atoms with Gasteiger partial charge in [-0.2, -0.15) is 0 Å². The van der Waals surface area contributed by atoms with E-state index in [-0.39, 0.29) is 0 Å². The van der Waals surface area contributed by atoms with E-state index in [1.54, 1.807) is 6.08 Å².